The van der Waals surface area contributed by atoms with Gasteiger partial charge in [0.25, 0.3) is 5.56 Å². The van der Waals surface area contributed by atoms with Crippen molar-refractivity contribution in [2.45, 2.75) is 0 Å². The fraction of sp³-hybridized carbons (Fsp3) is 0. The van der Waals surface area contributed by atoms with Gasteiger partial charge in [0, 0.05) is 24.2 Å². The predicted molar refractivity (Wildman–Crippen MR) is 75.1 cm³/mol. The Morgan fingerprint density at radius 2 is 2.05 bits per heavy atom. The maximum atomic E-state index is 12.3. The lowest BCUT2D eigenvalue weighted by Gasteiger charge is -1.98. The van der Waals surface area contributed by atoms with E-state index in [1.165, 1.54) is 4.68 Å². The summed E-state index contributed by atoms with van der Waals surface area (Å²) in [5, 5.41) is 2.91. The Bertz CT molecular complexity index is 746. The Hall–Kier alpha value is -2.21. The number of H-pyrrole nitrogens is 1. The molecule has 3 aromatic heterocycles. The second kappa shape index (κ2) is 4.81. The third-order valence-electron chi connectivity index (χ3n) is 2.69. The van der Waals surface area contributed by atoms with Crippen LogP contribution in [-0.4, -0.2) is 19.7 Å². The fourth-order valence-electron chi connectivity index (χ4n) is 1.77. The highest BCUT2D eigenvalue weighted by Crippen LogP contribution is 2.16. The number of aromatic nitrogens is 4. The quantitative estimate of drug-likeness (QED) is 0.738. The minimum absolute atomic E-state index is 0.150. The van der Waals surface area contributed by atoms with Gasteiger partial charge in [-0.25, -0.2) is 14.6 Å². The molecule has 0 radical (unpaired) electrons. The van der Waals surface area contributed by atoms with E-state index in [1.807, 2.05) is 12.1 Å². The molecule has 1 N–H and O–H groups in total. The molecule has 0 bridgehead atoms. The van der Waals surface area contributed by atoms with Gasteiger partial charge in [-0.2, -0.15) is 0 Å². The van der Waals surface area contributed by atoms with Gasteiger partial charge in [-0.05, 0) is 40.2 Å². The van der Waals surface area contributed by atoms with E-state index in [2.05, 4.69) is 31.0 Å². The maximum absolute atomic E-state index is 12.3. The number of halogens is 1. The zero-order valence-corrected chi connectivity index (χ0v) is 11.3. The lowest BCUT2D eigenvalue weighted by Crippen LogP contribution is -2.16. The van der Waals surface area contributed by atoms with Crippen LogP contribution in [0.5, 0.6) is 0 Å². The van der Waals surface area contributed by atoms with Crippen LogP contribution in [0.4, 0.5) is 0 Å². The van der Waals surface area contributed by atoms with Crippen LogP contribution in [0.25, 0.3) is 16.9 Å². The molecule has 94 valence electrons. The van der Waals surface area contributed by atoms with Crippen LogP contribution in [0.1, 0.15) is 0 Å². The van der Waals surface area contributed by atoms with Crippen LogP contribution in [0.3, 0.4) is 0 Å². The van der Waals surface area contributed by atoms with E-state index in [0.29, 0.717) is 11.4 Å². The highest BCUT2D eigenvalue weighted by molar-refractivity contribution is 9.10. The highest BCUT2D eigenvalue weighted by atomic mass is 79.9. The largest absolute Gasteiger partial charge is 0.296 e. The lowest BCUT2D eigenvalue weighted by molar-refractivity contribution is 0.819. The molecule has 0 fully saturated rings. The van der Waals surface area contributed by atoms with Gasteiger partial charge >= 0.3 is 0 Å². The Labute approximate surface area is 117 Å². The first-order valence-corrected chi connectivity index (χ1v) is 6.39. The molecule has 3 heterocycles. The van der Waals surface area contributed by atoms with Crippen molar-refractivity contribution >= 4 is 15.9 Å². The fourth-order valence-corrected chi connectivity index (χ4v) is 2.00. The molecule has 0 unspecified atom stereocenters. The van der Waals surface area contributed by atoms with Crippen molar-refractivity contribution in [2.24, 2.45) is 0 Å². The topological polar surface area (TPSA) is 63.6 Å². The zero-order valence-electron chi connectivity index (χ0n) is 9.75. The van der Waals surface area contributed by atoms with E-state index >= 15 is 0 Å². The van der Waals surface area contributed by atoms with E-state index in [1.54, 1.807) is 36.8 Å². The summed E-state index contributed by atoms with van der Waals surface area (Å²) in [6.45, 7) is 0. The molecule has 0 saturated heterocycles. The van der Waals surface area contributed by atoms with Crippen molar-refractivity contribution in [1.29, 1.82) is 0 Å². The summed E-state index contributed by atoms with van der Waals surface area (Å²) < 4.78 is 2.13. The summed E-state index contributed by atoms with van der Waals surface area (Å²) in [6, 6.07) is 9.03. The summed E-state index contributed by atoms with van der Waals surface area (Å²) in [5.41, 5.74) is 1.17. The number of aromatic amines is 1. The minimum atomic E-state index is -0.150. The minimum Gasteiger partial charge on any atom is -0.296 e. The highest BCUT2D eigenvalue weighted by Gasteiger charge is 2.10. The van der Waals surface area contributed by atoms with Crippen molar-refractivity contribution in [2.75, 3.05) is 0 Å². The molecule has 0 spiro atoms. The first kappa shape index (κ1) is 11.9. The Kier molecular flexibility index (Phi) is 3.00. The molecular weight excluding hydrogens is 308 g/mol. The number of nitrogens with zero attached hydrogens (tertiary/aromatic N) is 3. The standard InChI is InChI=1S/C13H9BrN4O/c14-11-5-4-9(7-16-11)10-8-17-18(13(10)19)12-3-1-2-6-15-12/h1-8,17H. The molecule has 0 saturated carbocycles. The molecule has 6 heteroatoms. The van der Waals surface area contributed by atoms with E-state index in [4.69, 9.17) is 0 Å². The van der Waals surface area contributed by atoms with Gasteiger partial charge < -0.3 is 0 Å². The Morgan fingerprint density at radius 3 is 2.74 bits per heavy atom. The molecule has 0 aliphatic carbocycles. The number of rotatable bonds is 2. The van der Waals surface area contributed by atoms with E-state index in [0.717, 1.165) is 10.2 Å². The predicted octanol–water partition coefficient (Wildman–Crippen LogP) is 2.39. The van der Waals surface area contributed by atoms with Crippen LogP contribution in [0.15, 0.2) is 58.3 Å². The van der Waals surface area contributed by atoms with E-state index < -0.39 is 0 Å². The number of hydrogen-bond acceptors (Lipinski definition) is 3. The number of nitrogens with one attached hydrogen (secondary N) is 1. The van der Waals surface area contributed by atoms with Crippen molar-refractivity contribution in [3.8, 4) is 16.9 Å². The third kappa shape index (κ3) is 2.22. The molecule has 0 aromatic carbocycles. The van der Waals surface area contributed by atoms with Crippen molar-refractivity contribution in [3.05, 3.63) is 63.9 Å². The molecule has 0 aliphatic heterocycles. The number of pyridine rings is 2. The molecular formula is C13H9BrN4O. The molecule has 5 nitrogen and oxygen atoms in total. The van der Waals surface area contributed by atoms with Crippen LogP contribution < -0.4 is 5.56 Å². The first-order valence-electron chi connectivity index (χ1n) is 5.59. The normalized spacial score (nSPS) is 10.6. The second-order valence-corrected chi connectivity index (χ2v) is 4.70. The second-order valence-electron chi connectivity index (χ2n) is 3.89. The van der Waals surface area contributed by atoms with E-state index in [9.17, 15) is 4.79 Å². The molecule has 3 rings (SSSR count). The van der Waals surface area contributed by atoms with E-state index in [-0.39, 0.29) is 5.56 Å². The van der Waals surface area contributed by atoms with Gasteiger partial charge in [0.15, 0.2) is 5.82 Å². The summed E-state index contributed by atoms with van der Waals surface area (Å²) in [5.74, 6) is 0.559. The third-order valence-corrected chi connectivity index (χ3v) is 3.16. The molecule has 19 heavy (non-hydrogen) atoms. The van der Waals surface area contributed by atoms with Crippen molar-refractivity contribution < 1.29 is 0 Å². The van der Waals surface area contributed by atoms with Gasteiger partial charge in [0.05, 0.1) is 5.56 Å². The average Bonchev–Trinajstić information content (AvgIpc) is 2.83. The first-order chi connectivity index (χ1) is 9.25. The van der Waals surface area contributed by atoms with Crippen LogP contribution >= 0.6 is 15.9 Å². The number of hydrogen-bond donors (Lipinski definition) is 1. The van der Waals surface area contributed by atoms with Crippen molar-refractivity contribution in [1.82, 2.24) is 19.7 Å². The summed E-state index contributed by atoms with van der Waals surface area (Å²) in [7, 11) is 0. The van der Waals surface area contributed by atoms with Gasteiger partial charge in [-0.1, -0.05) is 6.07 Å². The maximum Gasteiger partial charge on any atom is 0.280 e. The summed E-state index contributed by atoms with van der Waals surface area (Å²) >= 11 is 3.27. The van der Waals surface area contributed by atoms with Crippen molar-refractivity contribution in [3.63, 3.8) is 0 Å². The Balaban J connectivity index is 2.09. The van der Waals surface area contributed by atoms with Crippen LogP contribution in [0.2, 0.25) is 0 Å². The van der Waals surface area contributed by atoms with Crippen LogP contribution in [0, 0.1) is 0 Å². The summed E-state index contributed by atoms with van der Waals surface area (Å²) in [4.78, 5) is 20.6. The SMILES string of the molecule is O=c1c(-c2ccc(Br)nc2)c[nH]n1-c1ccccn1. The molecule has 3 aromatic rings. The lowest BCUT2D eigenvalue weighted by atomic mass is 10.2. The zero-order chi connectivity index (χ0) is 13.2. The van der Waals surface area contributed by atoms with Crippen LogP contribution in [-0.2, 0) is 0 Å². The summed E-state index contributed by atoms with van der Waals surface area (Å²) in [6.07, 6.45) is 4.95. The molecule has 0 aliphatic rings. The molecule has 0 atom stereocenters. The van der Waals surface area contributed by atoms with Gasteiger partial charge in [0.2, 0.25) is 0 Å². The average molecular weight is 317 g/mol. The van der Waals surface area contributed by atoms with Gasteiger partial charge in [-0.3, -0.25) is 9.89 Å². The van der Waals surface area contributed by atoms with Gasteiger partial charge in [-0.15, -0.1) is 0 Å². The Morgan fingerprint density at radius 1 is 1.16 bits per heavy atom. The monoisotopic (exact) mass is 316 g/mol. The smallest absolute Gasteiger partial charge is 0.280 e. The molecule has 0 amide bonds. The van der Waals surface area contributed by atoms with Gasteiger partial charge in [0.1, 0.15) is 4.60 Å².